The minimum atomic E-state index is 0.678. The molecule has 2 aromatic rings. The highest BCUT2D eigenvalue weighted by molar-refractivity contribution is 5.63. The quantitative estimate of drug-likeness (QED) is 0.864. The lowest BCUT2D eigenvalue weighted by Crippen LogP contribution is -2.46. The van der Waals surface area contributed by atoms with Gasteiger partial charge in [0.15, 0.2) is 11.5 Å². The molecule has 0 aliphatic carbocycles. The molecule has 1 saturated heterocycles. The van der Waals surface area contributed by atoms with E-state index in [0.29, 0.717) is 11.5 Å². The Labute approximate surface area is 148 Å². The standard InChI is InChI=1S/C18H25N5O2/c1-4-22-7-9-23(10-8-22)18-12-17(19-13-20-18)21-14-5-6-15(24-2)16(11-14)25-3/h5-6,11-13H,4,7-10H2,1-3H3,(H,19,20,21). The lowest BCUT2D eigenvalue weighted by atomic mass is 10.2. The molecule has 2 heterocycles. The van der Waals surface area contributed by atoms with E-state index in [-0.39, 0.29) is 0 Å². The maximum absolute atomic E-state index is 5.34. The average molecular weight is 343 g/mol. The van der Waals surface area contributed by atoms with Crippen LogP contribution in [0.3, 0.4) is 0 Å². The third kappa shape index (κ3) is 4.11. The van der Waals surface area contributed by atoms with Crippen LogP contribution < -0.4 is 19.7 Å². The molecule has 3 rings (SSSR count). The SMILES string of the molecule is CCN1CCN(c2cc(Nc3ccc(OC)c(OC)c3)ncn2)CC1. The molecule has 25 heavy (non-hydrogen) atoms. The van der Waals surface area contributed by atoms with E-state index in [1.807, 2.05) is 24.3 Å². The first-order chi connectivity index (χ1) is 12.2. The number of aromatic nitrogens is 2. The van der Waals surface area contributed by atoms with Crippen molar-refractivity contribution in [3.63, 3.8) is 0 Å². The average Bonchev–Trinajstić information content (AvgIpc) is 2.68. The Morgan fingerprint density at radius 3 is 2.44 bits per heavy atom. The van der Waals surface area contributed by atoms with E-state index in [1.54, 1.807) is 20.5 Å². The summed E-state index contributed by atoms with van der Waals surface area (Å²) in [4.78, 5) is 13.5. The van der Waals surface area contributed by atoms with Crippen LogP contribution in [0.5, 0.6) is 11.5 Å². The number of ether oxygens (including phenoxy) is 2. The molecule has 1 aromatic carbocycles. The molecule has 0 saturated carbocycles. The van der Waals surface area contributed by atoms with Gasteiger partial charge in [0.2, 0.25) is 0 Å². The van der Waals surface area contributed by atoms with Gasteiger partial charge >= 0.3 is 0 Å². The van der Waals surface area contributed by atoms with Crippen molar-refractivity contribution >= 4 is 17.3 Å². The zero-order valence-corrected chi connectivity index (χ0v) is 15.0. The first-order valence-electron chi connectivity index (χ1n) is 8.52. The van der Waals surface area contributed by atoms with Crippen LogP contribution in [0.1, 0.15) is 6.92 Å². The zero-order chi connectivity index (χ0) is 17.6. The number of piperazine rings is 1. The summed E-state index contributed by atoms with van der Waals surface area (Å²) < 4.78 is 10.6. The summed E-state index contributed by atoms with van der Waals surface area (Å²) >= 11 is 0. The summed E-state index contributed by atoms with van der Waals surface area (Å²) in [6, 6.07) is 7.68. The van der Waals surface area contributed by atoms with Gasteiger partial charge in [0.05, 0.1) is 14.2 Å². The molecular formula is C18H25N5O2. The molecule has 134 valence electrons. The maximum Gasteiger partial charge on any atom is 0.162 e. The summed E-state index contributed by atoms with van der Waals surface area (Å²) in [5.74, 6) is 3.09. The van der Waals surface area contributed by atoms with Crippen LogP contribution in [-0.2, 0) is 0 Å². The molecule has 0 amide bonds. The van der Waals surface area contributed by atoms with E-state index in [0.717, 1.165) is 50.0 Å². The van der Waals surface area contributed by atoms with Gasteiger partial charge in [-0.3, -0.25) is 0 Å². The Hall–Kier alpha value is -2.54. The van der Waals surface area contributed by atoms with Crippen LogP contribution >= 0.6 is 0 Å². The molecule has 0 bridgehead atoms. The van der Waals surface area contributed by atoms with Crippen molar-refractivity contribution in [1.82, 2.24) is 14.9 Å². The molecular weight excluding hydrogens is 318 g/mol. The first kappa shape index (κ1) is 17.3. The van der Waals surface area contributed by atoms with Gasteiger partial charge in [-0.05, 0) is 18.7 Å². The number of rotatable bonds is 6. The van der Waals surface area contributed by atoms with Gasteiger partial charge < -0.3 is 24.6 Å². The summed E-state index contributed by atoms with van der Waals surface area (Å²) in [6.45, 7) is 7.41. The number of nitrogens with zero attached hydrogens (tertiary/aromatic N) is 4. The molecule has 1 aromatic heterocycles. The van der Waals surface area contributed by atoms with Crippen LogP contribution in [0.15, 0.2) is 30.6 Å². The molecule has 0 radical (unpaired) electrons. The summed E-state index contributed by atoms with van der Waals surface area (Å²) in [7, 11) is 3.25. The lowest BCUT2D eigenvalue weighted by Gasteiger charge is -2.34. The third-order valence-electron chi connectivity index (χ3n) is 4.45. The molecule has 7 heteroatoms. The molecule has 0 unspecified atom stereocenters. The fourth-order valence-electron chi connectivity index (χ4n) is 2.94. The number of methoxy groups -OCH3 is 2. The third-order valence-corrected chi connectivity index (χ3v) is 4.45. The predicted octanol–water partition coefficient (Wildman–Crippen LogP) is 2.38. The van der Waals surface area contributed by atoms with Crippen LogP contribution in [-0.4, -0.2) is 61.8 Å². The number of hydrogen-bond acceptors (Lipinski definition) is 7. The van der Waals surface area contributed by atoms with Crippen LogP contribution in [0, 0.1) is 0 Å². The zero-order valence-electron chi connectivity index (χ0n) is 15.0. The molecule has 1 aliphatic rings. The number of benzene rings is 1. The Morgan fingerprint density at radius 2 is 1.76 bits per heavy atom. The van der Waals surface area contributed by atoms with Crippen molar-refractivity contribution in [1.29, 1.82) is 0 Å². The van der Waals surface area contributed by atoms with Crippen molar-refractivity contribution in [2.45, 2.75) is 6.92 Å². The number of hydrogen-bond donors (Lipinski definition) is 1. The normalized spacial score (nSPS) is 15.1. The minimum absolute atomic E-state index is 0.678. The second-order valence-corrected chi connectivity index (χ2v) is 5.88. The number of anilines is 3. The van der Waals surface area contributed by atoms with Crippen molar-refractivity contribution in [3.05, 3.63) is 30.6 Å². The highest BCUT2D eigenvalue weighted by Crippen LogP contribution is 2.31. The Kier molecular flexibility index (Phi) is 5.55. The number of nitrogens with one attached hydrogen (secondary N) is 1. The Bertz CT molecular complexity index is 702. The van der Waals surface area contributed by atoms with Gasteiger partial charge in [0, 0.05) is 44.0 Å². The second kappa shape index (κ2) is 8.02. The summed E-state index contributed by atoms with van der Waals surface area (Å²) in [6.07, 6.45) is 1.60. The van der Waals surface area contributed by atoms with Crippen molar-refractivity contribution in [2.75, 3.05) is 57.2 Å². The van der Waals surface area contributed by atoms with Gasteiger partial charge in [-0.25, -0.2) is 9.97 Å². The van der Waals surface area contributed by atoms with Gasteiger partial charge in [-0.15, -0.1) is 0 Å². The monoisotopic (exact) mass is 343 g/mol. The Balaban J connectivity index is 1.72. The van der Waals surface area contributed by atoms with Gasteiger partial charge in [0.1, 0.15) is 18.0 Å². The highest BCUT2D eigenvalue weighted by atomic mass is 16.5. The van der Waals surface area contributed by atoms with E-state index >= 15 is 0 Å². The largest absolute Gasteiger partial charge is 0.493 e. The lowest BCUT2D eigenvalue weighted by molar-refractivity contribution is 0.270. The highest BCUT2D eigenvalue weighted by Gasteiger charge is 2.17. The van der Waals surface area contributed by atoms with Crippen LogP contribution in [0.4, 0.5) is 17.3 Å². The van der Waals surface area contributed by atoms with Crippen LogP contribution in [0.25, 0.3) is 0 Å². The van der Waals surface area contributed by atoms with E-state index in [2.05, 4.69) is 32.0 Å². The van der Waals surface area contributed by atoms with E-state index < -0.39 is 0 Å². The van der Waals surface area contributed by atoms with Crippen LogP contribution in [0.2, 0.25) is 0 Å². The smallest absolute Gasteiger partial charge is 0.162 e. The first-order valence-corrected chi connectivity index (χ1v) is 8.52. The van der Waals surface area contributed by atoms with Crippen molar-refractivity contribution < 1.29 is 9.47 Å². The molecule has 1 aliphatic heterocycles. The topological polar surface area (TPSA) is 62.8 Å². The van der Waals surface area contributed by atoms with Crippen molar-refractivity contribution in [3.8, 4) is 11.5 Å². The van der Waals surface area contributed by atoms with E-state index in [9.17, 15) is 0 Å². The fourth-order valence-corrected chi connectivity index (χ4v) is 2.94. The molecule has 7 nitrogen and oxygen atoms in total. The number of likely N-dealkylation sites (N-methyl/N-ethyl adjacent to an activating group) is 1. The summed E-state index contributed by atoms with van der Waals surface area (Å²) in [5.41, 5.74) is 0.887. The second-order valence-electron chi connectivity index (χ2n) is 5.88. The Morgan fingerprint density at radius 1 is 1.00 bits per heavy atom. The predicted molar refractivity (Wildman–Crippen MR) is 99.2 cm³/mol. The minimum Gasteiger partial charge on any atom is -0.493 e. The van der Waals surface area contributed by atoms with Gasteiger partial charge in [-0.1, -0.05) is 6.92 Å². The van der Waals surface area contributed by atoms with E-state index in [4.69, 9.17) is 9.47 Å². The molecule has 1 fully saturated rings. The van der Waals surface area contributed by atoms with Gasteiger partial charge in [0.25, 0.3) is 0 Å². The fraction of sp³-hybridized carbons (Fsp3) is 0.444. The molecule has 0 atom stereocenters. The molecule has 1 N–H and O–H groups in total. The van der Waals surface area contributed by atoms with Gasteiger partial charge in [-0.2, -0.15) is 0 Å². The molecule has 0 spiro atoms. The maximum atomic E-state index is 5.34. The summed E-state index contributed by atoms with van der Waals surface area (Å²) in [5, 5.41) is 3.31. The van der Waals surface area contributed by atoms with Crippen molar-refractivity contribution in [2.24, 2.45) is 0 Å². The van der Waals surface area contributed by atoms with E-state index in [1.165, 1.54) is 0 Å².